The van der Waals surface area contributed by atoms with Crippen LogP contribution in [0, 0.1) is 6.92 Å². The molecule has 0 amide bonds. The normalized spacial score (nSPS) is 11.6. The summed E-state index contributed by atoms with van der Waals surface area (Å²) in [6, 6.07) is 8.50. The minimum Gasteiger partial charge on any atom is -0.384 e. The molecule has 1 N–H and O–H groups in total. The molecule has 1 heterocycles. The molecular weight excluding hydrogens is 282 g/mol. The number of anilines is 1. The predicted octanol–water partition coefficient (Wildman–Crippen LogP) is 3.47. The number of hydrogen-bond acceptors (Lipinski definition) is 5. The summed E-state index contributed by atoms with van der Waals surface area (Å²) in [7, 11) is 1.69. The molecule has 4 nitrogen and oxygen atoms in total. The summed E-state index contributed by atoms with van der Waals surface area (Å²) in [4.78, 5) is 4.51. The zero-order chi connectivity index (χ0) is 15.3. The van der Waals surface area contributed by atoms with Gasteiger partial charge in [-0.3, -0.25) is 0 Å². The summed E-state index contributed by atoms with van der Waals surface area (Å²) < 4.78 is 9.40. The van der Waals surface area contributed by atoms with Crippen molar-refractivity contribution in [1.29, 1.82) is 0 Å². The SMILES string of the molecule is COCCc1nsc(NC(C)(C)Cc2ccccc2C)n1. The standard InChI is InChI=1S/C16H23N3OS/c1-12-7-5-6-8-13(12)11-16(2,3)18-15-17-14(19-21-15)9-10-20-4/h5-8H,9-11H2,1-4H3,(H,17,18,19). The maximum atomic E-state index is 5.05. The number of rotatable bonds is 7. The lowest BCUT2D eigenvalue weighted by Crippen LogP contribution is -2.33. The van der Waals surface area contributed by atoms with Crippen molar-refractivity contribution in [3.63, 3.8) is 0 Å². The van der Waals surface area contributed by atoms with E-state index in [4.69, 9.17) is 4.74 Å². The average Bonchev–Trinajstić information content (AvgIpc) is 2.85. The zero-order valence-electron chi connectivity index (χ0n) is 13.1. The van der Waals surface area contributed by atoms with Crippen LogP contribution >= 0.6 is 11.5 Å². The van der Waals surface area contributed by atoms with E-state index in [1.54, 1.807) is 7.11 Å². The summed E-state index contributed by atoms with van der Waals surface area (Å²) in [5.74, 6) is 0.844. The highest BCUT2D eigenvalue weighted by molar-refractivity contribution is 7.09. The van der Waals surface area contributed by atoms with Crippen LogP contribution in [0.1, 0.15) is 30.8 Å². The molecule has 114 valence electrons. The van der Waals surface area contributed by atoms with E-state index < -0.39 is 0 Å². The zero-order valence-corrected chi connectivity index (χ0v) is 14.0. The Labute approximate surface area is 130 Å². The topological polar surface area (TPSA) is 47.0 Å². The third kappa shape index (κ3) is 4.79. The molecule has 5 heteroatoms. The van der Waals surface area contributed by atoms with Gasteiger partial charge in [0.15, 0.2) is 0 Å². The van der Waals surface area contributed by atoms with Crippen LogP contribution < -0.4 is 5.32 Å². The summed E-state index contributed by atoms with van der Waals surface area (Å²) in [5.41, 5.74) is 2.62. The largest absolute Gasteiger partial charge is 0.384 e. The third-order valence-electron chi connectivity index (χ3n) is 3.34. The second-order valence-electron chi connectivity index (χ2n) is 5.87. The molecule has 1 aromatic carbocycles. The van der Waals surface area contributed by atoms with Crippen molar-refractivity contribution >= 4 is 16.7 Å². The molecule has 0 aliphatic heterocycles. The highest BCUT2D eigenvalue weighted by Crippen LogP contribution is 2.22. The van der Waals surface area contributed by atoms with Gasteiger partial charge in [0.05, 0.1) is 6.61 Å². The van der Waals surface area contributed by atoms with E-state index in [2.05, 4.69) is 59.7 Å². The first-order valence-electron chi connectivity index (χ1n) is 7.14. The molecule has 1 aromatic heterocycles. The predicted molar refractivity (Wildman–Crippen MR) is 88.1 cm³/mol. The second-order valence-corrected chi connectivity index (χ2v) is 6.62. The van der Waals surface area contributed by atoms with Crippen LogP contribution in [0.4, 0.5) is 5.13 Å². The van der Waals surface area contributed by atoms with Gasteiger partial charge in [-0.15, -0.1) is 0 Å². The number of aromatic nitrogens is 2. The lowest BCUT2D eigenvalue weighted by molar-refractivity contribution is 0.201. The van der Waals surface area contributed by atoms with Crippen LogP contribution in [0.2, 0.25) is 0 Å². The molecule has 21 heavy (non-hydrogen) atoms. The first kappa shape index (κ1) is 15.9. The van der Waals surface area contributed by atoms with E-state index >= 15 is 0 Å². The number of nitrogens with one attached hydrogen (secondary N) is 1. The lowest BCUT2D eigenvalue weighted by Gasteiger charge is -2.26. The van der Waals surface area contributed by atoms with E-state index in [9.17, 15) is 0 Å². The molecule has 0 radical (unpaired) electrons. The van der Waals surface area contributed by atoms with Crippen molar-refractivity contribution in [2.24, 2.45) is 0 Å². The van der Waals surface area contributed by atoms with Crippen LogP contribution in [0.15, 0.2) is 24.3 Å². The van der Waals surface area contributed by atoms with Gasteiger partial charge < -0.3 is 10.1 Å². The molecular formula is C16H23N3OS. The fourth-order valence-corrected chi connectivity index (χ4v) is 3.01. The third-order valence-corrected chi connectivity index (χ3v) is 4.01. The summed E-state index contributed by atoms with van der Waals surface area (Å²) in [6.07, 6.45) is 1.71. The molecule has 0 aliphatic carbocycles. The Morgan fingerprint density at radius 3 is 2.76 bits per heavy atom. The van der Waals surface area contributed by atoms with Gasteiger partial charge in [0.2, 0.25) is 5.13 Å². The fraction of sp³-hybridized carbons (Fsp3) is 0.500. The Kier molecular flexibility index (Phi) is 5.31. The van der Waals surface area contributed by atoms with Crippen molar-refractivity contribution in [1.82, 2.24) is 9.36 Å². The van der Waals surface area contributed by atoms with Gasteiger partial charge >= 0.3 is 0 Å². The molecule has 0 bridgehead atoms. The molecule has 0 atom stereocenters. The number of methoxy groups -OCH3 is 1. The van der Waals surface area contributed by atoms with E-state index in [0.717, 1.165) is 23.8 Å². The molecule has 0 saturated heterocycles. The van der Waals surface area contributed by atoms with Gasteiger partial charge in [0.1, 0.15) is 5.82 Å². The fourth-order valence-electron chi connectivity index (χ4n) is 2.22. The maximum absolute atomic E-state index is 5.05. The summed E-state index contributed by atoms with van der Waals surface area (Å²) in [6.45, 7) is 7.19. The van der Waals surface area contributed by atoms with Gasteiger partial charge in [0.25, 0.3) is 0 Å². The number of nitrogens with zero attached hydrogens (tertiary/aromatic N) is 2. The number of ether oxygens (including phenoxy) is 1. The molecule has 0 aliphatic rings. The first-order chi connectivity index (χ1) is 10.00. The van der Waals surface area contributed by atoms with Crippen LogP contribution in [0.5, 0.6) is 0 Å². The quantitative estimate of drug-likeness (QED) is 0.851. The monoisotopic (exact) mass is 305 g/mol. The van der Waals surface area contributed by atoms with E-state index in [1.807, 2.05) is 0 Å². The minimum atomic E-state index is -0.0653. The van der Waals surface area contributed by atoms with Crippen molar-refractivity contribution in [2.45, 2.75) is 39.2 Å². The minimum absolute atomic E-state index is 0.0653. The Morgan fingerprint density at radius 1 is 1.29 bits per heavy atom. The van der Waals surface area contributed by atoms with Crippen LogP contribution in [-0.4, -0.2) is 28.6 Å². The summed E-state index contributed by atoms with van der Waals surface area (Å²) >= 11 is 1.41. The molecule has 0 unspecified atom stereocenters. The van der Waals surface area contributed by atoms with Crippen LogP contribution in [0.3, 0.4) is 0 Å². The highest BCUT2D eigenvalue weighted by atomic mass is 32.1. The number of hydrogen-bond donors (Lipinski definition) is 1. The Hall–Kier alpha value is -1.46. The van der Waals surface area contributed by atoms with Crippen molar-refractivity contribution < 1.29 is 4.74 Å². The molecule has 0 spiro atoms. The summed E-state index contributed by atoms with van der Waals surface area (Å²) in [5, 5.41) is 4.37. The van der Waals surface area contributed by atoms with E-state index in [1.165, 1.54) is 22.7 Å². The van der Waals surface area contributed by atoms with E-state index in [-0.39, 0.29) is 5.54 Å². The van der Waals surface area contributed by atoms with Crippen LogP contribution in [0.25, 0.3) is 0 Å². The second kappa shape index (κ2) is 7.00. The van der Waals surface area contributed by atoms with Gasteiger partial charge in [-0.1, -0.05) is 24.3 Å². The first-order valence-corrected chi connectivity index (χ1v) is 7.92. The number of aryl methyl sites for hydroxylation is 1. The Balaban J connectivity index is 2.00. The highest BCUT2D eigenvalue weighted by Gasteiger charge is 2.20. The van der Waals surface area contributed by atoms with Crippen molar-refractivity contribution in [2.75, 3.05) is 19.0 Å². The molecule has 2 rings (SSSR count). The maximum Gasteiger partial charge on any atom is 0.202 e. The lowest BCUT2D eigenvalue weighted by atomic mass is 9.92. The van der Waals surface area contributed by atoms with E-state index in [0.29, 0.717) is 6.61 Å². The van der Waals surface area contributed by atoms with Gasteiger partial charge in [-0.25, -0.2) is 4.98 Å². The smallest absolute Gasteiger partial charge is 0.202 e. The Morgan fingerprint density at radius 2 is 2.05 bits per heavy atom. The van der Waals surface area contributed by atoms with Crippen molar-refractivity contribution in [3.05, 3.63) is 41.2 Å². The van der Waals surface area contributed by atoms with Gasteiger partial charge in [0, 0.05) is 30.6 Å². The molecule has 2 aromatic rings. The molecule has 0 fully saturated rings. The van der Waals surface area contributed by atoms with Crippen LogP contribution in [-0.2, 0) is 17.6 Å². The van der Waals surface area contributed by atoms with Gasteiger partial charge in [-0.2, -0.15) is 4.37 Å². The number of benzene rings is 1. The molecule has 0 saturated carbocycles. The van der Waals surface area contributed by atoms with Gasteiger partial charge in [-0.05, 0) is 38.3 Å². The Bertz CT molecular complexity index is 580. The average molecular weight is 305 g/mol. The van der Waals surface area contributed by atoms with Crippen molar-refractivity contribution in [3.8, 4) is 0 Å².